The number of nitrogens with two attached hydrogens (primary N) is 1. The van der Waals surface area contributed by atoms with Crippen molar-refractivity contribution in [3.63, 3.8) is 0 Å². The summed E-state index contributed by atoms with van der Waals surface area (Å²) in [7, 11) is 0. The zero-order valence-electron chi connectivity index (χ0n) is 12.4. The van der Waals surface area contributed by atoms with E-state index in [-0.39, 0.29) is 6.10 Å². The summed E-state index contributed by atoms with van der Waals surface area (Å²) in [5, 5.41) is 0. The summed E-state index contributed by atoms with van der Waals surface area (Å²) < 4.78 is 6.80. The van der Waals surface area contributed by atoms with E-state index in [2.05, 4.69) is 53.2 Å². The fraction of sp³-hybridized carbons (Fsp3) is 0.714. The van der Waals surface area contributed by atoms with Crippen LogP contribution < -0.4 is 5.73 Å². The van der Waals surface area contributed by atoms with Gasteiger partial charge >= 0.3 is 0 Å². The van der Waals surface area contributed by atoms with Crippen molar-refractivity contribution in [2.75, 3.05) is 32.0 Å². The molecule has 1 fully saturated rings. The first-order chi connectivity index (χ1) is 9.51. The lowest BCUT2D eigenvalue weighted by Crippen LogP contribution is -2.38. The monoisotopic (exact) mass is 390 g/mol. The van der Waals surface area contributed by atoms with E-state index >= 15 is 0 Å². The number of likely N-dealkylation sites (N-methyl/N-ethyl adjacent to an activating group) is 1. The molecule has 1 aliphatic heterocycles. The topological polar surface area (TPSA) is 64.3 Å². The maximum Gasteiger partial charge on any atom is 0.161 e. The molecular formula is C14H23IN4O. The molecule has 5 nitrogen and oxygen atoms in total. The Bertz CT molecular complexity index is 467. The number of ether oxygens (including phenoxy) is 1. The molecule has 1 aromatic rings. The van der Waals surface area contributed by atoms with Crippen molar-refractivity contribution >= 4 is 28.4 Å². The highest BCUT2D eigenvalue weighted by Crippen LogP contribution is 2.25. The van der Waals surface area contributed by atoms with Crippen LogP contribution in [0.25, 0.3) is 0 Å². The van der Waals surface area contributed by atoms with Gasteiger partial charge in [0, 0.05) is 13.1 Å². The normalized spacial score (nSPS) is 20.6. The van der Waals surface area contributed by atoms with Crippen LogP contribution >= 0.6 is 22.6 Å². The summed E-state index contributed by atoms with van der Waals surface area (Å²) in [4.78, 5) is 11.5. The number of halogens is 1. The smallest absolute Gasteiger partial charge is 0.161 e. The van der Waals surface area contributed by atoms with E-state index in [0.29, 0.717) is 11.7 Å². The summed E-state index contributed by atoms with van der Waals surface area (Å²) in [6.45, 7) is 10.1. The van der Waals surface area contributed by atoms with Gasteiger partial charge in [-0.05, 0) is 41.5 Å². The van der Waals surface area contributed by atoms with Crippen LogP contribution in [0.5, 0.6) is 0 Å². The van der Waals surface area contributed by atoms with Crippen LogP contribution in [0.4, 0.5) is 5.82 Å². The molecule has 2 heterocycles. The number of nitrogens with zero attached hydrogens (tertiary/aromatic N) is 3. The molecule has 20 heavy (non-hydrogen) atoms. The molecule has 0 spiro atoms. The van der Waals surface area contributed by atoms with Crippen LogP contribution in [0, 0.1) is 9.49 Å². The Morgan fingerprint density at radius 1 is 1.45 bits per heavy atom. The number of aromatic nitrogens is 2. The zero-order valence-corrected chi connectivity index (χ0v) is 14.6. The molecule has 112 valence electrons. The second-order valence-corrected chi connectivity index (χ2v) is 6.66. The molecule has 1 aromatic heterocycles. The van der Waals surface area contributed by atoms with Crippen molar-refractivity contribution in [2.45, 2.75) is 33.3 Å². The van der Waals surface area contributed by atoms with E-state index in [1.807, 2.05) is 0 Å². The predicted molar refractivity (Wildman–Crippen MR) is 88.5 cm³/mol. The quantitative estimate of drug-likeness (QED) is 0.800. The Hall–Kier alpha value is -0.470. The van der Waals surface area contributed by atoms with Crippen LogP contribution in [-0.4, -0.2) is 41.1 Å². The number of morpholine rings is 1. The average molecular weight is 390 g/mol. The van der Waals surface area contributed by atoms with Crippen molar-refractivity contribution in [1.29, 1.82) is 0 Å². The van der Waals surface area contributed by atoms with Gasteiger partial charge < -0.3 is 10.5 Å². The van der Waals surface area contributed by atoms with E-state index in [1.54, 1.807) is 0 Å². The van der Waals surface area contributed by atoms with Gasteiger partial charge in [0.05, 0.1) is 15.9 Å². The minimum Gasteiger partial charge on any atom is -0.383 e. The minimum absolute atomic E-state index is 0.0612. The summed E-state index contributed by atoms with van der Waals surface area (Å²) in [5.41, 5.74) is 7.09. The highest BCUT2D eigenvalue weighted by atomic mass is 127. The van der Waals surface area contributed by atoms with Crippen molar-refractivity contribution in [2.24, 2.45) is 5.92 Å². The van der Waals surface area contributed by atoms with Gasteiger partial charge in [-0.1, -0.05) is 20.8 Å². The SMILES string of the molecule is CCN1CCOC(c2nc(N)c(I)c(CC(C)C)n2)C1. The highest BCUT2D eigenvalue weighted by molar-refractivity contribution is 14.1. The van der Waals surface area contributed by atoms with Crippen LogP contribution in [-0.2, 0) is 11.2 Å². The molecule has 1 saturated heterocycles. The fourth-order valence-corrected chi connectivity index (χ4v) is 2.81. The third-order valence-electron chi connectivity index (χ3n) is 3.45. The number of anilines is 1. The van der Waals surface area contributed by atoms with Gasteiger partial charge in [-0.25, -0.2) is 9.97 Å². The van der Waals surface area contributed by atoms with Crippen LogP contribution in [0.2, 0.25) is 0 Å². The van der Waals surface area contributed by atoms with Crippen LogP contribution in [0.15, 0.2) is 0 Å². The lowest BCUT2D eigenvalue weighted by atomic mass is 10.1. The highest BCUT2D eigenvalue weighted by Gasteiger charge is 2.25. The lowest BCUT2D eigenvalue weighted by molar-refractivity contribution is -0.0326. The molecule has 6 heteroatoms. The molecular weight excluding hydrogens is 367 g/mol. The standard InChI is InChI=1S/C14H23IN4O/c1-4-19-5-6-20-11(8-19)14-17-10(7-9(2)3)12(15)13(16)18-14/h9,11H,4-8H2,1-3H3,(H2,16,17,18). The molecule has 0 saturated carbocycles. The molecule has 0 aromatic carbocycles. The second-order valence-electron chi connectivity index (χ2n) is 5.58. The fourth-order valence-electron chi connectivity index (χ4n) is 2.34. The number of hydrogen-bond donors (Lipinski definition) is 1. The number of nitrogen functional groups attached to an aromatic ring is 1. The molecule has 2 rings (SSSR count). The Labute approximate surface area is 134 Å². The van der Waals surface area contributed by atoms with Gasteiger partial charge in [0.25, 0.3) is 0 Å². The summed E-state index contributed by atoms with van der Waals surface area (Å²) in [5.74, 6) is 1.85. The van der Waals surface area contributed by atoms with E-state index in [9.17, 15) is 0 Å². The van der Waals surface area contributed by atoms with E-state index < -0.39 is 0 Å². The molecule has 1 unspecified atom stereocenters. The molecule has 0 amide bonds. The first-order valence-electron chi connectivity index (χ1n) is 7.17. The largest absolute Gasteiger partial charge is 0.383 e. The first kappa shape index (κ1) is 15.9. The Kier molecular flexibility index (Phi) is 5.57. The summed E-state index contributed by atoms with van der Waals surface area (Å²) >= 11 is 2.24. The van der Waals surface area contributed by atoms with E-state index in [0.717, 1.165) is 47.8 Å². The van der Waals surface area contributed by atoms with Gasteiger partial charge in [0.15, 0.2) is 5.82 Å². The zero-order chi connectivity index (χ0) is 14.7. The number of hydrogen-bond acceptors (Lipinski definition) is 5. The molecule has 2 N–H and O–H groups in total. The molecule has 0 bridgehead atoms. The Morgan fingerprint density at radius 2 is 2.20 bits per heavy atom. The summed E-state index contributed by atoms with van der Waals surface area (Å²) in [6, 6.07) is 0. The lowest BCUT2D eigenvalue weighted by Gasteiger charge is -2.31. The third kappa shape index (κ3) is 3.79. The van der Waals surface area contributed by atoms with Crippen molar-refractivity contribution in [1.82, 2.24) is 14.9 Å². The average Bonchev–Trinajstić information content (AvgIpc) is 2.43. The van der Waals surface area contributed by atoms with E-state index in [4.69, 9.17) is 15.5 Å². The minimum atomic E-state index is -0.0612. The predicted octanol–water partition coefficient (Wildman–Crippen LogP) is 2.26. The maximum absolute atomic E-state index is 6.04. The molecule has 1 aliphatic rings. The maximum atomic E-state index is 6.04. The Balaban J connectivity index is 2.25. The van der Waals surface area contributed by atoms with Crippen molar-refractivity contribution < 1.29 is 4.74 Å². The van der Waals surface area contributed by atoms with Gasteiger partial charge in [-0.3, -0.25) is 4.90 Å². The molecule has 1 atom stereocenters. The van der Waals surface area contributed by atoms with Crippen LogP contribution in [0.1, 0.15) is 38.4 Å². The van der Waals surface area contributed by atoms with Gasteiger partial charge in [-0.15, -0.1) is 0 Å². The van der Waals surface area contributed by atoms with Gasteiger partial charge in [-0.2, -0.15) is 0 Å². The second kappa shape index (κ2) is 7.00. The van der Waals surface area contributed by atoms with Crippen LogP contribution in [0.3, 0.4) is 0 Å². The van der Waals surface area contributed by atoms with Gasteiger partial charge in [0.1, 0.15) is 11.9 Å². The van der Waals surface area contributed by atoms with Crippen molar-refractivity contribution in [3.8, 4) is 0 Å². The van der Waals surface area contributed by atoms with Gasteiger partial charge in [0.2, 0.25) is 0 Å². The molecule has 0 radical (unpaired) electrons. The Morgan fingerprint density at radius 3 is 2.85 bits per heavy atom. The first-order valence-corrected chi connectivity index (χ1v) is 8.24. The number of rotatable bonds is 4. The molecule has 0 aliphatic carbocycles. The van der Waals surface area contributed by atoms with Crippen molar-refractivity contribution in [3.05, 3.63) is 15.1 Å². The summed E-state index contributed by atoms with van der Waals surface area (Å²) in [6.07, 6.45) is 0.858. The third-order valence-corrected chi connectivity index (χ3v) is 4.63. The van der Waals surface area contributed by atoms with E-state index in [1.165, 1.54) is 0 Å².